The first kappa shape index (κ1) is 19.4. The highest BCUT2D eigenvalue weighted by Crippen LogP contribution is 2.29. The van der Waals surface area contributed by atoms with Gasteiger partial charge >= 0.3 is 0 Å². The Balaban J connectivity index is 1.68. The van der Waals surface area contributed by atoms with Crippen LogP contribution in [0.1, 0.15) is 33.6 Å². The summed E-state index contributed by atoms with van der Waals surface area (Å²) in [4.78, 5) is 31.0. The zero-order valence-electron chi connectivity index (χ0n) is 15.8. The lowest BCUT2D eigenvalue weighted by Gasteiger charge is -2.35. The van der Waals surface area contributed by atoms with Crippen LogP contribution in [0.15, 0.2) is 30.9 Å². The highest BCUT2D eigenvalue weighted by Gasteiger charge is 2.32. The first-order chi connectivity index (χ1) is 12.8. The fraction of sp³-hybridized carbons (Fsp3) is 0.474. The molecule has 2 heterocycles. The van der Waals surface area contributed by atoms with Crippen molar-refractivity contribution >= 4 is 29.1 Å². The summed E-state index contributed by atoms with van der Waals surface area (Å²) < 4.78 is 1.53. The summed E-state index contributed by atoms with van der Waals surface area (Å²) >= 11 is 6.30. The molecular weight excluding hydrogens is 366 g/mol. The van der Waals surface area contributed by atoms with Gasteiger partial charge < -0.3 is 10.2 Å². The topological polar surface area (TPSA) is 80.1 Å². The minimum Gasteiger partial charge on any atom is -0.342 e. The lowest BCUT2D eigenvalue weighted by atomic mass is 9.90. The monoisotopic (exact) mass is 389 g/mol. The molecule has 1 saturated heterocycles. The van der Waals surface area contributed by atoms with E-state index in [-0.39, 0.29) is 17.7 Å². The van der Waals surface area contributed by atoms with E-state index in [9.17, 15) is 9.59 Å². The number of para-hydroxylation sites is 1. The number of carbonyl (C=O) groups is 2. The van der Waals surface area contributed by atoms with Crippen molar-refractivity contribution in [3.8, 4) is 5.69 Å². The van der Waals surface area contributed by atoms with E-state index in [2.05, 4.69) is 15.4 Å². The molecule has 0 spiro atoms. The average Bonchev–Trinajstić information content (AvgIpc) is 3.14. The van der Waals surface area contributed by atoms with Crippen molar-refractivity contribution in [1.29, 1.82) is 0 Å². The van der Waals surface area contributed by atoms with Crippen LogP contribution >= 0.6 is 11.6 Å². The van der Waals surface area contributed by atoms with Gasteiger partial charge in [0, 0.05) is 24.4 Å². The largest absolute Gasteiger partial charge is 0.342 e. The second-order valence-electron chi connectivity index (χ2n) is 7.78. The first-order valence-corrected chi connectivity index (χ1v) is 9.39. The highest BCUT2D eigenvalue weighted by atomic mass is 35.5. The maximum atomic E-state index is 12.8. The molecule has 7 nitrogen and oxygen atoms in total. The molecule has 2 aromatic rings. The SMILES string of the molecule is CC(C)(C)C(=O)N1CCC(C(=O)Nc2cccc(Cl)c2-n2cncn2)CC1. The van der Waals surface area contributed by atoms with Crippen LogP contribution in [0.2, 0.25) is 5.02 Å². The molecule has 1 aromatic carbocycles. The van der Waals surface area contributed by atoms with Gasteiger partial charge in [-0.25, -0.2) is 9.67 Å². The molecule has 0 aliphatic carbocycles. The number of carbonyl (C=O) groups excluding carboxylic acids is 2. The quantitative estimate of drug-likeness (QED) is 0.874. The van der Waals surface area contributed by atoms with Crippen molar-refractivity contribution in [3.05, 3.63) is 35.9 Å². The highest BCUT2D eigenvalue weighted by molar-refractivity contribution is 6.33. The second kappa shape index (κ2) is 7.68. The van der Waals surface area contributed by atoms with Gasteiger partial charge in [0.2, 0.25) is 11.8 Å². The van der Waals surface area contributed by atoms with E-state index in [1.165, 1.54) is 17.3 Å². The van der Waals surface area contributed by atoms with Gasteiger partial charge in [0.15, 0.2) is 0 Å². The fourth-order valence-corrected chi connectivity index (χ4v) is 3.49. The van der Waals surface area contributed by atoms with Gasteiger partial charge in [-0.15, -0.1) is 0 Å². The molecule has 1 aliphatic heterocycles. The Bertz CT molecular complexity index is 821. The number of nitrogens with zero attached hydrogens (tertiary/aromatic N) is 4. The normalized spacial score (nSPS) is 15.6. The van der Waals surface area contributed by atoms with E-state index < -0.39 is 5.41 Å². The molecule has 0 radical (unpaired) electrons. The number of nitrogens with one attached hydrogen (secondary N) is 1. The Morgan fingerprint density at radius 3 is 2.52 bits per heavy atom. The van der Waals surface area contributed by atoms with Crippen LogP contribution in [0.4, 0.5) is 5.69 Å². The van der Waals surface area contributed by atoms with Gasteiger partial charge in [0.05, 0.1) is 10.7 Å². The molecule has 0 bridgehead atoms. The third-order valence-corrected chi connectivity index (χ3v) is 4.99. The molecular formula is C19H24ClN5O2. The zero-order valence-corrected chi connectivity index (χ0v) is 16.5. The van der Waals surface area contributed by atoms with Gasteiger partial charge in [-0.3, -0.25) is 9.59 Å². The Labute approximate surface area is 163 Å². The number of aromatic nitrogens is 3. The third-order valence-electron chi connectivity index (χ3n) is 4.69. The van der Waals surface area contributed by atoms with Crippen molar-refractivity contribution in [2.45, 2.75) is 33.6 Å². The molecule has 0 saturated carbocycles. The first-order valence-electron chi connectivity index (χ1n) is 9.01. The molecule has 2 amide bonds. The molecule has 27 heavy (non-hydrogen) atoms. The summed E-state index contributed by atoms with van der Waals surface area (Å²) in [5.41, 5.74) is 0.777. The molecule has 1 aliphatic rings. The van der Waals surface area contributed by atoms with Crippen LogP contribution in [-0.2, 0) is 9.59 Å². The molecule has 0 unspecified atom stereocenters. The summed E-state index contributed by atoms with van der Waals surface area (Å²) in [5, 5.41) is 7.55. The van der Waals surface area contributed by atoms with Gasteiger partial charge in [-0.05, 0) is 25.0 Å². The Kier molecular flexibility index (Phi) is 5.51. The molecule has 0 atom stereocenters. The number of likely N-dealkylation sites (tertiary alicyclic amines) is 1. The van der Waals surface area contributed by atoms with Crippen molar-refractivity contribution in [3.63, 3.8) is 0 Å². The van der Waals surface area contributed by atoms with E-state index in [1.54, 1.807) is 18.2 Å². The number of hydrogen-bond donors (Lipinski definition) is 1. The zero-order chi connectivity index (χ0) is 19.6. The van der Waals surface area contributed by atoms with Crippen molar-refractivity contribution in [1.82, 2.24) is 19.7 Å². The lowest BCUT2D eigenvalue weighted by molar-refractivity contribution is -0.142. The number of benzene rings is 1. The number of hydrogen-bond acceptors (Lipinski definition) is 4. The van der Waals surface area contributed by atoms with E-state index in [0.29, 0.717) is 42.3 Å². The molecule has 8 heteroatoms. The predicted molar refractivity (Wildman–Crippen MR) is 104 cm³/mol. The van der Waals surface area contributed by atoms with Crippen LogP contribution in [0.3, 0.4) is 0 Å². The van der Waals surface area contributed by atoms with E-state index in [1.807, 2.05) is 25.7 Å². The minimum absolute atomic E-state index is 0.0681. The van der Waals surface area contributed by atoms with Gasteiger partial charge in [0.25, 0.3) is 0 Å². The van der Waals surface area contributed by atoms with Crippen molar-refractivity contribution in [2.24, 2.45) is 11.3 Å². The maximum absolute atomic E-state index is 12.8. The molecule has 1 N–H and O–H groups in total. The Morgan fingerprint density at radius 1 is 1.22 bits per heavy atom. The lowest BCUT2D eigenvalue weighted by Crippen LogP contribution is -2.45. The standard InChI is InChI=1S/C19H24ClN5O2/c1-19(2,3)18(27)24-9-7-13(8-10-24)17(26)23-15-6-4-5-14(20)16(15)25-12-21-11-22-25/h4-6,11-13H,7-10H2,1-3H3,(H,23,26). The van der Waals surface area contributed by atoms with E-state index in [0.717, 1.165) is 0 Å². The van der Waals surface area contributed by atoms with Gasteiger partial charge in [-0.2, -0.15) is 5.10 Å². The molecule has 1 aromatic heterocycles. The number of halogens is 1. The summed E-state index contributed by atoms with van der Waals surface area (Å²) in [6, 6.07) is 5.31. The van der Waals surface area contributed by atoms with Crippen LogP contribution < -0.4 is 5.32 Å². The van der Waals surface area contributed by atoms with Crippen LogP contribution in [0, 0.1) is 11.3 Å². The Hall–Kier alpha value is -2.41. The van der Waals surface area contributed by atoms with E-state index in [4.69, 9.17) is 11.6 Å². The van der Waals surface area contributed by atoms with E-state index >= 15 is 0 Å². The number of rotatable bonds is 3. The van der Waals surface area contributed by atoms with Crippen LogP contribution in [-0.4, -0.2) is 44.6 Å². The molecule has 3 rings (SSSR count). The summed E-state index contributed by atoms with van der Waals surface area (Å²) in [7, 11) is 0. The third kappa shape index (κ3) is 4.30. The second-order valence-corrected chi connectivity index (χ2v) is 8.19. The van der Waals surface area contributed by atoms with Crippen molar-refractivity contribution < 1.29 is 9.59 Å². The number of amides is 2. The Morgan fingerprint density at radius 2 is 1.93 bits per heavy atom. The predicted octanol–water partition coefficient (Wildman–Crippen LogP) is 3.14. The minimum atomic E-state index is -0.400. The van der Waals surface area contributed by atoms with Gasteiger partial charge in [0.1, 0.15) is 18.3 Å². The molecule has 1 fully saturated rings. The molecule has 144 valence electrons. The summed E-state index contributed by atoms with van der Waals surface area (Å²) in [6.07, 6.45) is 4.24. The summed E-state index contributed by atoms with van der Waals surface area (Å²) in [5.74, 6) is -0.0808. The van der Waals surface area contributed by atoms with Crippen LogP contribution in [0.25, 0.3) is 5.69 Å². The van der Waals surface area contributed by atoms with Gasteiger partial charge in [-0.1, -0.05) is 38.4 Å². The van der Waals surface area contributed by atoms with Crippen LogP contribution in [0.5, 0.6) is 0 Å². The number of anilines is 1. The summed E-state index contributed by atoms with van der Waals surface area (Å²) in [6.45, 7) is 6.94. The number of piperidine rings is 1. The fourth-order valence-electron chi connectivity index (χ4n) is 3.23. The maximum Gasteiger partial charge on any atom is 0.227 e. The smallest absolute Gasteiger partial charge is 0.227 e. The average molecular weight is 390 g/mol. The van der Waals surface area contributed by atoms with Crippen molar-refractivity contribution in [2.75, 3.05) is 18.4 Å².